The van der Waals surface area contributed by atoms with Crippen LogP contribution in [0.1, 0.15) is 0 Å². The van der Waals surface area contributed by atoms with Crippen molar-refractivity contribution in [3.05, 3.63) is 24.3 Å². The fourth-order valence-electron chi connectivity index (χ4n) is 2.35. The van der Waals surface area contributed by atoms with Crippen LogP contribution in [0, 0.1) is 0 Å². The molecule has 0 spiro atoms. The summed E-state index contributed by atoms with van der Waals surface area (Å²) in [6.07, 6.45) is 0. The first-order chi connectivity index (χ1) is 10.3. The van der Waals surface area contributed by atoms with Gasteiger partial charge in [-0.25, -0.2) is 0 Å². The zero-order valence-corrected chi connectivity index (χ0v) is 13.1. The van der Waals surface area contributed by atoms with Crippen LogP contribution in [0.15, 0.2) is 24.3 Å². The molecule has 5 heteroatoms. The van der Waals surface area contributed by atoms with Crippen LogP contribution in [0.5, 0.6) is 0 Å². The molecule has 1 aliphatic heterocycles. The molecule has 1 aromatic rings. The topological polar surface area (TPSA) is 34.2 Å². The number of nitrogens with zero attached hydrogens (tertiary/aromatic N) is 2. The maximum atomic E-state index is 5.64. The molecule has 2 rings (SSSR count). The van der Waals surface area contributed by atoms with Gasteiger partial charge in [0, 0.05) is 27.2 Å². The lowest BCUT2D eigenvalue weighted by Gasteiger charge is -2.29. The van der Waals surface area contributed by atoms with E-state index in [1.807, 2.05) is 0 Å². The fourth-order valence-corrected chi connectivity index (χ4v) is 2.35. The number of para-hydroxylation sites is 2. The SMILES string of the molecule is CN(C)c1ccccc1N1CCOCCOCCOCC1. The molecule has 1 saturated heterocycles. The van der Waals surface area contributed by atoms with Crippen LogP contribution >= 0.6 is 0 Å². The molecule has 118 valence electrons. The Hall–Kier alpha value is -1.30. The lowest BCUT2D eigenvalue weighted by atomic mass is 10.2. The van der Waals surface area contributed by atoms with Gasteiger partial charge in [0.2, 0.25) is 0 Å². The maximum Gasteiger partial charge on any atom is 0.0701 e. The number of benzene rings is 1. The quantitative estimate of drug-likeness (QED) is 0.828. The normalized spacial score (nSPS) is 18.7. The van der Waals surface area contributed by atoms with Gasteiger partial charge < -0.3 is 24.0 Å². The van der Waals surface area contributed by atoms with Gasteiger partial charge in [0.25, 0.3) is 0 Å². The summed E-state index contributed by atoms with van der Waals surface area (Å²) in [5.41, 5.74) is 2.44. The first-order valence-electron chi connectivity index (χ1n) is 7.53. The van der Waals surface area contributed by atoms with Gasteiger partial charge in [0.1, 0.15) is 0 Å². The summed E-state index contributed by atoms with van der Waals surface area (Å²) in [7, 11) is 4.14. The van der Waals surface area contributed by atoms with Gasteiger partial charge >= 0.3 is 0 Å². The van der Waals surface area contributed by atoms with Gasteiger partial charge in [0.05, 0.1) is 51.0 Å². The molecular weight excluding hydrogens is 268 g/mol. The van der Waals surface area contributed by atoms with Crippen molar-refractivity contribution < 1.29 is 14.2 Å². The summed E-state index contributed by atoms with van der Waals surface area (Å²) in [4.78, 5) is 4.47. The molecule has 5 nitrogen and oxygen atoms in total. The predicted octanol–water partition coefficient (Wildman–Crippen LogP) is 1.62. The third-order valence-corrected chi connectivity index (χ3v) is 3.46. The second-order valence-electron chi connectivity index (χ2n) is 5.21. The van der Waals surface area contributed by atoms with Crippen molar-refractivity contribution in [2.24, 2.45) is 0 Å². The van der Waals surface area contributed by atoms with Crippen molar-refractivity contribution in [3.8, 4) is 0 Å². The summed E-state index contributed by atoms with van der Waals surface area (Å²) >= 11 is 0. The van der Waals surface area contributed by atoms with Crippen molar-refractivity contribution in [2.45, 2.75) is 0 Å². The molecule has 1 aromatic carbocycles. The second-order valence-corrected chi connectivity index (χ2v) is 5.21. The minimum Gasteiger partial charge on any atom is -0.377 e. The van der Waals surface area contributed by atoms with Crippen molar-refractivity contribution in [1.29, 1.82) is 0 Å². The van der Waals surface area contributed by atoms with Crippen molar-refractivity contribution in [3.63, 3.8) is 0 Å². The first kappa shape index (κ1) is 16.1. The molecule has 1 aliphatic rings. The van der Waals surface area contributed by atoms with Crippen molar-refractivity contribution in [1.82, 2.24) is 0 Å². The van der Waals surface area contributed by atoms with E-state index in [4.69, 9.17) is 14.2 Å². The third-order valence-electron chi connectivity index (χ3n) is 3.46. The molecule has 1 heterocycles. The van der Waals surface area contributed by atoms with E-state index in [2.05, 4.69) is 48.2 Å². The van der Waals surface area contributed by atoms with Crippen molar-refractivity contribution in [2.75, 3.05) is 76.6 Å². The molecule has 0 amide bonds. The van der Waals surface area contributed by atoms with Crippen LogP contribution < -0.4 is 9.80 Å². The highest BCUT2D eigenvalue weighted by atomic mass is 16.5. The Balaban J connectivity index is 2.06. The second kappa shape index (κ2) is 8.87. The number of ether oxygens (including phenoxy) is 3. The van der Waals surface area contributed by atoms with E-state index in [9.17, 15) is 0 Å². The molecule has 0 saturated carbocycles. The van der Waals surface area contributed by atoms with Crippen LogP contribution in [0.25, 0.3) is 0 Å². The first-order valence-corrected chi connectivity index (χ1v) is 7.53. The Morgan fingerprint density at radius 2 is 1.33 bits per heavy atom. The fraction of sp³-hybridized carbons (Fsp3) is 0.625. The molecule has 0 aliphatic carbocycles. The van der Waals surface area contributed by atoms with E-state index in [1.54, 1.807) is 0 Å². The van der Waals surface area contributed by atoms with Gasteiger partial charge in [-0.1, -0.05) is 12.1 Å². The van der Waals surface area contributed by atoms with E-state index in [1.165, 1.54) is 11.4 Å². The van der Waals surface area contributed by atoms with Gasteiger partial charge in [-0.3, -0.25) is 0 Å². The maximum absolute atomic E-state index is 5.64. The van der Waals surface area contributed by atoms with Gasteiger partial charge in [-0.15, -0.1) is 0 Å². The molecular formula is C16H26N2O3. The Morgan fingerprint density at radius 3 is 1.90 bits per heavy atom. The van der Waals surface area contributed by atoms with E-state index < -0.39 is 0 Å². The summed E-state index contributed by atoms with van der Waals surface area (Å²) in [6.45, 7) is 5.67. The highest BCUT2D eigenvalue weighted by Gasteiger charge is 2.12. The Kier molecular flexibility index (Phi) is 6.79. The lowest BCUT2D eigenvalue weighted by molar-refractivity contribution is 0.0126. The van der Waals surface area contributed by atoms with Gasteiger partial charge in [0.15, 0.2) is 0 Å². The molecule has 0 aromatic heterocycles. The Labute approximate surface area is 127 Å². The summed E-state index contributed by atoms with van der Waals surface area (Å²) < 4.78 is 16.7. The molecule has 0 N–H and O–H groups in total. The minimum absolute atomic E-state index is 0.637. The average molecular weight is 294 g/mol. The van der Waals surface area contributed by atoms with Crippen LogP contribution in [0.4, 0.5) is 11.4 Å². The van der Waals surface area contributed by atoms with Gasteiger partial charge in [-0.05, 0) is 12.1 Å². The highest BCUT2D eigenvalue weighted by Crippen LogP contribution is 2.27. The molecule has 0 atom stereocenters. The zero-order valence-electron chi connectivity index (χ0n) is 13.1. The summed E-state index contributed by atoms with van der Waals surface area (Å²) in [5.74, 6) is 0. The van der Waals surface area contributed by atoms with E-state index in [0.717, 1.165) is 13.1 Å². The number of hydrogen-bond donors (Lipinski definition) is 0. The molecule has 1 fully saturated rings. The van der Waals surface area contributed by atoms with Crippen molar-refractivity contribution >= 4 is 11.4 Å². The molecule has 0 bridgehead atoms. The van der Waals surface area contributed by atoms with Gasteiger partial charge in [-0.2, -0.15) is 0 Å². The lowest BCUT2D eigenvalue weighted by Crippen LogP contribution is -2.33. The Morgan fingerprint density at radius 1 is 0.810 bits per heavy atom. The van der Waals surface area contributed by atoms with E-state index >= 15 is 0 Å². The zero-order chi connectivity index (χ0) is 14.9. The average Bonchev–Trinajstić information content (AvgIpc) is 2.48. The number of rotatable bonds is 2. The van der Waals surface area contributed by atoms with Crippen LogP contribution in [-0.2, 0) is 14.2 Å². The highest BCUT2D eigenvalue weighted by molar-refractivity contribution is 5.70. The third kappa shape index (κ3) is 5.19. The van der Waals surface area contributed by atoms with E-state index in [-0.39, 0.29) is 0 Å². The molecule has 0 radical (unpaired) electrons. The molecule has 21 heavy (non-hydrogen) atoms. The van der Waals surface area contributed by atoms with E-state index in [0.29, 0.717) is 39.6 Å². The summed E-state index contributed by atoms with van der Waals surface area (Å²) in [5, 5.41) is 0. The van der Waals surface area contributed by atoms with Crippen LogP contribution in [0.3, 0.4) is 0 Å². The summed E-state index contributed by atoms with van der Waals surface area (Å²) in [6, 6.07) is 8.44. The number of hydrogen-bond acceptors (Lipinski definition) is 5. The standard InChI is InChI=1S/C16H26N2O3/c1-17(2)15-5-3-4-6-16(15)18-7-9-19-11-13-21-14-12-20-10-8-18/h3-6H,7-14H2,1-2H3. The Bertz CT molecular complexity index is 400. The largest absolute Gasteiger partial charge is 0.377 e. The van der Waals surface area contributed by atoms with Crippen LogP contribution in [0.2, 0.25) is 0 Å². The molecule has 0 unspecified atom stereocenters. The monoisotopic (exact) mass is 294 g/mol. The number of anilines is 2. The smallest absolute Gasteiger partial charge is 0.0701 e. The minimum atomic E-state index is 0.637. The predicted molar refractivity (Wildman–Crippen MR) is 85.4 cm³/mol. The van der Waals surface area contributed by atoms with Crippen LogP contribution in [-0.4, -0.2) is 66.8 Å².